The van der Waals surface area contributed by atoms with E-state index in [1.54, 1.807) is 13.0 Å². The monoisotopic (exact) mass is 490 g/mol. The number of rotatable bonds is 3. The molecule has 9 atom stereocenters. The van der Waals surface area contributed by atoms with Crippen LogP contribution in [0.4, 0.5) is 4.39 Å². The summed E-state index contributed by atoms with van der Waals surface area (Å²) in [5.41, 5.74) is -4.68. The normalized spacial score (nSPS) is 51.3. The topological polar surface area (TPSA) is 102 Å². The van der Waals surface area contributed by atoms with Gasteiger partial charge in [-0.05, 0) is 63.5 Å². The van der Waals surface area contributed by atoms with Gasteiger partial charge < -0.3 is 24.4 Å². The number of fused-ring (bicyclic) bond motifs is 7. The molecule has 8 heteroatoms. The molecule has 2 aliphatic heterocycles. The number of carbonyl (C=O) groups excluding carboxylic acids is 2. The van der Waals surface area contributed by atoms with E-state index >= 15 is 4.39 Å². The fourth-order valence-corrected chi connectivity index (χ4v) is 8.80. The summed E-state index contributed by atoms with van der Waals surface area (Å²) in [6, 6.07) is 0. The predicted molar refractivity (Wildman–Crippen MR) is 122 cm³/mol. The maximum absolute atomic E-state index is 17.3. The average molecular weight is 491 g/mol. The number of aliphatic hydroxyl groups is 2. The van der Waals surface area contributed by atoms with Crippen LogP contribution >= 0.6 is 0 Å². The van der Waals surface area contributed by atoms with Crippen molar-refractivity contribution in [2.75, 3.05) is 19.8 Å². The minimum absolute atomic E-state index is 0.0153. The van der Waals surface area contributed by atoms with Gasteiger partial charge >= 0.3 is 0 Å². The highest BCUT2D eigenvalue weighted by Gasteiger charge is 2.79. The first kappa shape index (κ1) is 23.9. The second kappa shape index (κ2) is 7.78. The summed E-state index contributed by atoms with van der Waals surface area (Å²) in [7, 11) is 0. The van der Waals surface area contributed by atoms with Gasteiger partial charge in [-0.1, -0.05) is 18.6 Å². The lowest BCUT2D eigenvalue weighted by atomic mass is 9.44. The van der Waals surface area contributed by atoms with E-state index in [2.05, 4.69) is 0 Å². The SMILES string of the molecule is C[C@]12C=CC(=O)C=C1CC[C@H]1[C@@H]3C[C@H]4OC(C5CCOCC5)O[C@@]4(C(=O)CO)[C@@]3(C)C[C@H](O)[C@@]12F. The van der Waals surface area contributed by atoms with Crippen molar-refractivity contribution in [1.29, 1.82) is 0 Å². The van der Waals surface area contributed by atoms with Crippen LogP contribution in [0.5, 0.6) is 0 Å². The molecule has 6 aliphatic rings. The standard InChI is InChI=1S/C27H35FO7/c1-24-8-5-17(30)11-16(24)3-4-18-19-12-22-27(21(32)14-29,25(19,2)13-20(31)26(18,24)28)35-23(34-22)15-6-9-33-10-7-15/h5,8,11,15,18-20,22-23,29,31H,3-4,6-7,9-10,12-14H2,1-2H3/t18-,19-,20-,22+,23?,24-,25-,26-,27+/m0/s1. The summed E-state index contributed by atoms with van der Waals surface area (Å²) in [6.45, 7) is 4.21. The minimum Gasteiger partial charge on any atom is -0.390 e. The van der Waals surface area contributed by atoms with E-state index in [1.165, 1.54) is 12.2 Å². The molecule has 2 heterocycles. The van der Waals surface area contributed by atoms with Crippen LogP contribution in [-0.4, -0.2) is 71.4 Å². The summed E-state index contributed by atoms with van der Waals surface area (Å²) < 4.78 is 35.8. The van der Waals surface area contributed by atoms with E-state index < -0.39 is 58.9 Å². The van der Waals surface area contributed by atoms with E-state index in [9.17, 15) is 19.8 Å². The van der Waals surface area contributed by atoms with Crippen LogP contribution in [0.25, 0.3) is 0 Å². The summed E-state index contributed by atoms with van der Waals surface area (Å²) >= 11 is 0. The molecule has 4 aliphatic carbocycles. The van der Waals surface area contributed by atoms with E-state index in [1.807, 2.05) is 6.92 Å². The van der Waals surface area contributed by atoms with Gasteiger partial charge in [0.2, 0.25) is 0 Å². The lowest BCUT2D eigenvalue weighted by molar-refractivity contribution is -0.237. The number of ketones is 2. The van der Waals surface area contributed by atoms with Gasteiger partial charge in [-0.3, -0.25) is 9.59 Å². The van der Waals surface area contributed by atoms with Crippen molar-refractivity contribution in [1.82, 2.24) is 0 Å². The second-order valence-electron chi connectivity index (χ2n) is 11.9. The molecule has 0 spiro atoms. The lowest BCUT2D eigenvalue weighted by Crippen LogP contribution is -2.69. The molecule has 0 amide bonds. The lowest BCUT2D eigenvalue weighted by Gasteiger charge is -2.62. The highest BCUT2D eigenvalue weighted by atomic mass is 19.1. The Morgan fingerprint density at radius 2 is 1.94 bits per heavy atom. The molecule has 0 aromatic rings. The van der Waals surface area contributed by atoms with Gasteiger partial charge in [0.15, 0.2) is 29.1 Å². The Bertz CT molecular complexity index is 1000. The molecule has 0 aromatic carbocycles. The Hall–Kier alpha value is -1.45. The van der Waals surface area contributed by atoms with Crippen molar-refractivity contribution >= 4 is 11.6 Å². The molecule has 2 saturated heterocycles. The van der Waals surface area contributed by atoms with Gasteiger partial charge in [0, 0.05) is 35.9 Å². The highest BCUT2D eigenvalue weighted by molar-refractivity contribution is 6.01. The number of hydrogen-bond donors (Lipinski definition) is 2. The molecule has 192 valence electrons. The molecule has 2 N–H and O–H groups in total. The quantitative estimate of drug-likeness (QED) is 0.627. The fraction of sp³-hybridized carbons (Fsp3) is 0.778. The Balaban J connectivity index is 1.40. The Kier molecular flexibility index (Phi) is 5.31. The summed E-state index contributed by atoms with van der Waals surface area (Å²) in [5, 5.41) is 21.6. The van der Waals surface area contributed by atoms with E-state index in [4.69, 9.17) is 14.2 Å². The van der Waals surface area contributed by atoms with Crippen molar-refractivity contribution in [2.45, 2.75) is 82.1 Å². The van der Waals surface area contributed by atoms with Gasteiger partial charge in [-0.25, -0.2) is 4.39 Å². The molecule has 0 bridgehead atoms. The molecule has 1 unspecified atom stereocenters. The molecule has 3 saturated carbocycles. The molecular weight excluding hydrogens is 455 g/mol. The number of allylic oxidation sites excluding steroid dienone is 4. The maximum atomic E-state index is 17.3. The number of Topliss-reactive ketones (excluding diaryl/α,β-unsaturated/α-hetero) is 1. The fourth-order valence-electron chi connectivity index (χ4n) is 8.80. The van der Waals surface area contributed by atoms with E-state index in [0.29, 0.717) is 32.5 Å². The third kappa shape index (κ3) is 2.83. The van der Waals surface area contributed by atoms with Crippen LogP contribution in [0.15, 0.2) is 23.8 Å². The van der Waals surface area contributed by atoms with Gasteiger partial charge in [-0.2, -0.15) is 0 Å². The van der Waals surface area contributed by atoms with Crippen LogP contribution in [0.3, 0.4) is 0 Å². The van der Waals surface area contributed by atoms with Crippen LogP contribution < -0.4 is 0 Å². The Labute approximate surface area is 204 Å². The van der Waals surface area contributed by atoms with Crippen LogP contribution in [0.1, 0.15) is 52.4 Å². The number of hydrogen-bond acceptors (Lipinski definition) is 7. The first-order valence-corrected chi connectivity index (χ1v) is 13.0. The largest absolute Gasteiger partial charge is 0.390 e. The third-order valence-corrected chi connectivity index (χ3v) is 10.6. The molecule has 7 nitrogen and oxygen atoms in total. The predicted octanol–water partition coefficient (Wildman–Crippen LogP) is 2.44. The number of ether oxygens (including phenoxy) is 3. The van der Waals surface area contributed by atoms with E-state index in [-0.39, 0.29) is 24.0 Å². The Morgan fingerprint density at radius 1 is 1.20 bits per heavy atom. The van der Waals surface area contributed by atoms with E-state index in [0.717, 1.165) is 18.4 Å². The van der Waals surface area contributed by atoms with Crippen LogP contribution in [0, 0.1) is 28.6 Å². The van der Waals surface area contributed by atoms with Crippen LogP contribution in [-0.2, 0) is 23.8 Å². The number of alkyl halides is 1. The number of aliphatic hydroxyl groups excluding tert-OH is 2. The molecular formula is C27H35FO7. The number of carbonyl (C=O) groups is 2. The van der Waals surface area contributed by atoms with Crippen LogP contribution in [0.2, 0.25) is 0 Å². The zero-order valence-corrected chi connectivity index (χ0v) is 20.4. The van der Waals surface area contributed by atoms with Crippen molar-refractivity contribution in [3.05, 3.63) is 23.8 Å². The highest BCUT2D eigenvalue weighted by Crippen LogP contribution is 2.72. The smallest absolute Gasteiger partial charge is 0.193 e. The van der Waals surface area contributed by atoms with Crippen molar-refractivity contribution in [2.24, 2.45) is 28.6 Å². The minimum atomic E-state index is -1.99. The van der Waals surface area contributed by atoms with Gasteiger partial charge in [0.05, 0.1) is 12.2 Å². The Morgan fingerprint density at radius 3 is 2.66 bits per heavy atom. The average Bonchev–Trinajstić information content (AvgIpc) is 3.34. The molecule has 6 rings (SSSR count). The van der Waals surface area contributed by atoms with Gasteiger partial charge in [0.1, 0.15) is 6.61 Å². The van der Waals surface area contributed by atoms with Crippen molar-refractivity contribution in [3.8, 4) is 0 Å². The first-order chi connectivity index (χ1) is 16.6. The third-order valence-electron chi connectivity index (χ3n) is 10.6. The zero-order valence-electron chi connectivity index (χ0n) is 20.4. The summed E-state index contributed by atoms with van der Waals surface area (Å²) in [4.78, 5) is 25.5. The summed E-state index contributed by atoms with van der Waals surface area (Å²) in [6.07, 6.45) is 4.98. The summed E-state index contributed by atoms with van der Waals surface area (Å²) in [5.74, 6) is -1.35. The van der Waals surface area contributed by atoms with Crippen molar-refractivity contribution < 1.29 is 38.4 Å². The number of halogens is 1. The molecule has 5 fully saturated rings. The molecule has 35 heavy (non-hydrogen) atoms. The van der Waals surface area contributed by atoms with Crippen molar-refractivity contribution in [3.63, 3.8) is 0 Å². The first-order valence-electron chi connectivity index (χ1n) is 13.0. The van der Waals surface area contributed by atoms with Gasteiger partial charge in [0.25, 0.3) is 0 Å². The second-order valence-corrected chi connectivity index (χ2v) is 11.9. The zero-order chi connectivity index (χ0) is 24.8. The maximum Gasteiger partial charge on any atom is 0.193 e. The molecule has 0 radical (unpaired) electrons. The van der Waals surface area contributed by atoms with Gasteiger partial charge in [-0.15, -0.1) is 0 Å². The molecule has 0 aromatic heterocycles.